The number of hydrogen-bond donors (Lipinski definition) is 1. The van der Waals surface area contributed by atoms with Crippen molar-refractivity contribution in [2.45, 2.75) is 11.3 Å². The third kappa shape index (κ3) is 1.96. The number of rotatable bonds is 2. The predicted octanol–water partition coefficient (Wildman–Crippen LogP) is 1.51. The van der Waals surface area contributed by atoms with Gasteiger partial charge in [0.2, 0.25) is 0 Å². The Morgan fingerprint density at radius 3 is 2.40 bits per heavy atom. The van der Waals surface area contributed by atoms with E-state index in [0.29, 0.717) is 0 Å². The van der Waals surface area contributed by atoms with Gasteiger partial charge in [-0.15, -0.1) is 0 Å². The van der Waals surface area contributed by atoms with Gasteiger partial charge in [-0.2, -0.15) is 0 Å². The monoisotopic (exact) mass is 289 g/mol. The molecule has 0 bridgehead atoms. The van der Waals surface area contributed by atoms with E-state index in [1.807, 2.05) is 24.3 Å². The molecule has 1 aromatic rings. The van der Waals surface area contributed by atoms with Crippen molar-refractivity contribution in [3.63, 3.8) is 0 Å². The Morgan fingerprint density at radius 2 is 1.93 bits per heavy atom. The van der Waals surface area contributed by atoms with Gasteiger partial charge >= 0.3 is 0 Å². The smallest absolute Gasteiger partial charge is 0.160 e. The molecule has 2 rings (SSSR count). The zero-order chi connectivity index (χ0) is 11.1. The lowest BCUT2D eigenvalue weighted by Gasteiger charge is -2.36. The molecule has 1 saturated heterocycles. The highest BCUT2D eigenvalue weighted by molar-refractivity contribution is 9.10. The molecular weight excluding hydrogens is 278 g/mol. The fraction of sp³-hybridized carbons (Fsp3) is 0.400. The molecule has 1 aliphatic rings. The molecule has 1 heterocycles. The minimum atomic E-state index is -2.93. The number of likely N-dealkylation sites (N-methyl/N-ethyl adjacent to an activating group) is 1. The minimum Gasteiger partial charge on any atom is -0.314 e. The van der Waals surface area contributed by atoms with Crippen LogP contribution >= 0.6 is 15.9 Å². The van der Waals surface area contributed by atoms with E-state index in [9.17, 15) is 8.42 Å². The first-order valence-electron chi connectivity index (χ1n) is 4.69. The lowest BCUT2D eigenvalue weighted by atomic mass is 10.1. The second-order valence-electron chi connectivity index (χ2n) is 3.70. The van der Waals surface area contributed by atoms with E-state index < -0.39 is 9.84 Å². The summed E-state index contributed by atoms with van der Waals surface area (Å²) in [6.45, 7) is 0. The first-order valence-corrected chi connectivity index (χ1v) is 7.20. The number of nitrogens with one attached hydrogen (secondary N) is 1. The summed E-state index contributed by atoms with van der Waals surface area (Å²) in [6, 6.07) is 7.51. The van der Waals surface area contributed by atoms with Crippen molar-refractivity contribution in [1.82, 2.24) is 5.32 Å². The zero-order valence-corrected chi connectivity index (χ0v) is 10.7. The Labute approximate surface area is 97.9 Å². The van der Waals surface area contributed by atoms with Crippen molar-refractivity contribution < 1.29 is 8.42 Å². The molecule has 0 aliphatic carbocycles. The Morgan fingerprint density at radius 1 is 1.33 bits per heavy atom. The van der Waals surface area contributed by atoms with Crippen LogP contribution < -0.4 is 5.32 Å². The number of halogens is 1. The predicted molar refractivity (Wildman–Crippen MR) is 63.5 cm³/mol. The summed E-state index contributed by atoms with van der Waals surface area (Å²) in [5, 5.41) is 2.65. The Kier molecular flexibility index (Phi) is 2.87. The second-order valence-corrected chi connectivity index (χ2v) is 6.78. The van der Waals surface area contributed by atoms with Crippen molar-refractivity contribution in [2.75, 3.05) is 12.8 Å². The maximum Gasteiger partial charge on any atom is 0.160 e. The van der Waals surface area contributed by atoms with E-state index >= 15 is 0 Å². The summed E-state index contributed by atoms with van der Waals surface area (Å²) in [5.74, 6) is 0.240. The largest absolute Gasteiger partial charge is 0.314 e. The van der Waals surface area contributed by atoms with Crippen LogP contribution in [-0.4, -0.2) is 27.3 Å². The average molecular weight is 290 g/mol. The maximum absolute atomic E-state index is 11.6. The molecule has 15 heavy (non-hydrogen) atoms. The average Bonchev–Trinajstić information content (AvgIpc) is 2.18. The Balaban J connectivity index is 2.33. The van der Waals surface area contributed by atoms with E-state index in [2.05, 4.69) is 21.2 Å². The Hall–Kier alpha value is -0.390. The normalized spacial score (nSPS) is 28.4. The van der Waals surface area contributed by atoms with Crippen LogP contribution in [0.5, 0.6) is 0 Å². The molecule has 0 spiro atoms. The molecule has 3 nitrogen and oxygen atoms in total. The fourth-order valence-electron chi connectivity index (χ4n) is 1.90. The molecule has 1 fully saturated rings. The molecule has 0 aromatic heterocycles. The van der Waals surface area contributed by atoms with Crippen LogP contribution in [0.3, 0.4) is 0 Å². The number of hydrogen-bond acceptors (Lipinski definition) is 3. The summed E-state index contributed by atoms with van der Waals surface area (Å²) in [7, 11) is -1.13. The van der Waals surface area contributed by atoms with Gasteiger partial charge in [0, 0.05) is 10.5 Å². The SMILES string of the molecule is CNC1CS(=O)(=O)C1c1ccc(Br)cc1. The second kappa shape index (κ2) is 3.88. The molecule has 0 saturated carbocycles. The third-order valence-electron chi connectivity index (χ3n) is 2.73. The molecule has 2 unspecified atom stereocenters. The molecule has 2 atom stereocenters. The molecule has 1 N–H and O–H groups in total. The van der Waals surface area contributed by atoms with E-state index in [4.69, 9.17) is 0 Å². The summed E-state index contributed by atoms with van der Waals surface area (Å²) in [5.41, 5.74) is 0.865. The van der Waals surface area contributed by atoms with Crippen LogP contribution in [0.2, 0.25) is 0 Å². The van der Waals surface area contributed by atoms with Crippen molar-refractivity contribution in [3.8, 4) is 0 Å². The topological polar surface area (TPSA) is 46.2 Å². The van der Waals surface area contributed by atoms with Crippen LogP contribution in [0.1, 0.15) is 10.8 Å². The standard InChI is InChI=1S/C10H12BrNO2S/c1-12-9-6-15(13,14)10(9)7-2-4-8(11)5-3-7/h2-5,9-10,12H,6H2,1H3. The Bertz CT molecular complexity index is 455. The minimum absolute atomic E-state index is 0.0520. The quantitative estimate of drug-likeness (QED) is 0.898. The lowest BCUT2D eigenvalue weighted by Crippen LogP contribution is -2.52. The molecule has 0 radical (unpaired) electrons. The highest BCUT2D eigenvalue weighted by Gasteiger charge is 2.45. The van der Waals surface area contributed by atoms with E-state index in [-0.39, 0.29) is 17.0 Å². The molecule has 0 amide bonds. The molecule has 82 valence electrons. The van der Waals surface area contributed by atoms with Gasteiger partial charge in [0.15, 0.2) is 9.84 Å². The number of benzene rings is 1. The zero-order valence-electron chi connectivity index (χ0n) is 8.27. The first kappa shape index (κ1) is 11.1. The molecular formula is C10H12BrNO2S. The van der Waals surface area contributed by atoms with Crippen molar-refractivity contribution in [3.05, 3.63) is 34.3 Å². The molecule has 1 aliphatic heterocycles. The highest BCUT2D eigenvalue weighted by Crippen LogP contribution is 2.36. The summed E-state index contributed by atoms with van der Waals surface area (Å²) in [6.07, 6.45) is 0. The van der Waals surface area contributed by atoms with E-state index in [1.165, 1.54) is 0 Å². The van der Waals surface area contributed by atoms with Crippen LogP contribution in [0.25, 0.3) is 0 Å². The fourth-order valence-corrected chi connectivity index (χ4v) is 4.17. The van der Waals surface area contributed by atoms with Gasteiger partial charge < -0.3 is 5.32 Å². The van der Waals surface area contributed by atoms with Crippen molar-refractivity contribution in [2.24, 2.45) is 0 Å². The van der Waals surface area contributed by atoms with Gasteiger partial charge in [0.25, 0.3) is 0 Å². The van der Waals surface area contributed by atoms with E-state index in [1.54, 1.807) is 7.05 Å². The van der Waals surface area contributed by atoms with Gasteiger partial charge in [0.1, 0.15) is 5.25 Å². The van der Waals surface area contributed by atoms with Crippen LogP contribution in [0.4, 0.5) is 0 Å². The maximum atomic E-state index is 11.6. The molecule has 1 aromatic carbocycles. The van der Waals surface area contributed by atoms with Gasteiger partial charge in [0.05, 0.1) is 5.75 Å². The number of sulfone groups is 1. The van der Waals surface area contributed by atoms with E-state index in [0.717, 1.165) is 10.0 Å². The summed E-state index contributed by atoms with van der Waals surface area (Å²) < 4.78 is 24.2. The lowest BCUT2D eigenvalue weighted by molar-refractivity contribution is 0.482. The summed E-state index contributed by atoms with van der Waals surface area (Å²) >= 11 is 3.33. The van der Waals surface area contributed by atoms with Gasteiger partial charge in [-0.1, -0.05) is 28.1 Å². The van der Waals surface area contributed by atoms with Crippen LogP contribution in [-0.2, 0) is 9.84 Å². The summed E-state index contributed by atoms with van der Waals surface area (Å²) in [4.78, 5) is 0. The van der Waals surface area contributed by atoms with Crippen LogP contribution in [0, 0.1) is 0 Å². The highest BCUT2D eigenvalue weighted by atomic mass is 79.9. The van der Waals surface area contributed by atoms with Gasteiger partial charge in [-0.3, -0.25) is 0 Å². The van der Waals surface area contributed by atoms with Crippen molar-refractivity contribution >= 4 is 25.8 Å². The third-order valence-corrected chi connectivity index (χ3v) is 5.46. The first-order chi connectivity index (χ1) is 7.04. The molecule has 5 heteroatoms. The van der Waals surface area contributed by atoms with Crippen LogP contribution in [0.15, 0.2) is 28.7 Å². The van der Waals surface area contributed by atoms with Crippen molar-refractivity contribution in [1.29, 1.82) is 0 Å². The van der Waals surface area contributed by atoms with Gasteiger partial charge in [-0.25, -0.2) is 8.42 Å². The van der Waals surface area contributed by atoms with Gasteiger partial charge in [-0.05, 0) is 24.7 Å².